The van der Waals surface area contributed by atoms with Gasteiger partial charge in [0.25, 0.3) is 10.0 Å². The van der Waals surface area contributed by atoms with Crippen LogP contribution in [0.25, 0.3) is 6.08 Å². The summed E-state index contributed by atoms with van der Waals surface area (Å²) in [4.78, 5) is 16.8. The summed E-state index contributed by atoms with van der Waals surface area (Å²) in [6.45, 7) is 15.9. The Morgan fingerprint density at radius 3 is 2.45 bits per heavy atom. The Hall–Kier alpha value is -1.98. The summed E-state index contributed by atoms with van der Waals surface area (Å²) in [6, 6.07) is 7.96. The molecule has 0 atom stereocenters. The van der Waals surface area contributed by atoms with E-state index in [1.54, 1.807) is 19.1 Å². The van der Waals surface area contributed by atoms with E-state index >= 15 is 0 Å². The van der Waals surface area contributed by atoms with Gasteiger partial charge in [-0.15, -0.1) is 11.3 Å². The third kappa shape index (κ3) is 8.28. The van der Waals surface area contributed by atoms with Gasteiger partial charge in [-0.05, 0) is 68.9 Å². The van der Waals surface area contributed by atoms with Crippen LogP contribution in [0, 0.1) is 0 Å². The topological polar surface area (TPSA) is 76.1 Å². The summed E-state index contributed by atoms with van der Waals surface area (Å²) >= 11 is 1.39. The fourth-order valence-corrected chi connectivity index (χ4v) is 8.56. The molecule has 0 bridgehead atoms. The molecule has 1 heterocycles. The fourth-order valence-electron chi connectivity index (χ4n) is 4.69. The van der Waals surface area contributed by atoms with E-state index in [1.807, 2.05) is 24.3 Å². The molecule has 1 aromatic heterocycles. The molecule has 0 saturated heterocycles. The molecule has 0 N–H and O–H groups in total. The minimum atomic E-state index is -4.08. The van der Waals surface area contributed by atoms with Crippen LogP contribution in [0.3, 0.4) is 0 Å². The van der Waals surface area contributed by atoms with Crippen LogP contribution < -0.4 is 4.31 Å². The van der Waals surface area contributed by atoms with E-state index in [1.165, 1.54) is 15.6 Å². The zero-order valence-corrected chi connectivity index (χ0v) is 27.6. The van der Waals surface area contributed by atoms with Crippen LogP contribution >= 0.6 is 11.3 Å². The number of rotatable bonds is 15. The van der Waals surface area contributed by atoms with Crippen LogP contribution in [0.2, 0.25) is 25.7 Å². The molecule has 222 valence electrons. The molecule has 0 saturated carbocycles. The van der Waals surface area contributed by atoms with Crippen molar-refractivity contribution in [2.75, 3.05) is 43.9 Å². The first-order valence-corrected chi connectivity index (χ1v) is 20.4. The molecule has 1 aromatic carbocycles. The van der Waals surface area contributed by atoms with Crippen molar-refractivity contribution in [2.45, 2.75) is 77.0 Å². The molecule has 1 aliphatic rings. The van der Waals surface area contributed by atoms with Gasteiger partial charge < -0.3 is 14.4 Å². The third-order valence-electron chi connectivity index (χ3n) is 7.11. The van der Waals surface area contributed by atoms with Gasteiger partial charge in [-0.3, -0.25) is 0 Å². The maximum atomic E-state index is 14.5. The number of anilines is 1. The number of benzene rings is 1. The third-order valence-corrected chi connectivity index (χ3v) is 12.0. The maximum Gasteiger partial charge on any atom is 0.341 e. The van der Waals surface area contributed by atoms with Gasteiger partial charge in [0.15, 0.2) is 0 Å². The second-order valence-corrected chi connectivity index (χ2v) is 19.8. The van der Waals surface area contributed by atoms with E-state index in [4.69, 9.17) is 9.47 Å². The molecule has 0 aliphatic heterocycles. The standard InChI is InChI=1S/C30H46N2O5S2Si/c1-7-31(8-2)20-14-16-24-15-10-13-19-27(24)39(34,35)32(23-36-21-22-40(4,5)6)29-28(30(33)37-9-3)25-17-11-12-18-26(25)38-29/h10,13-16,19H,7-9,11-12,17-18,20-23H2,1-6H3. The highest BCUT2D eigenvalue weighted by molar-refractivity contribution is 7.93. The fraction of sp³-hybridized carbons (Fsp3) is 0.567. The largest absolute Gasteiger partial charge is 0.462 e. The molecule has 7 nitrogen and oxygen atoms in total. The summed E-state index contributed by atoms with van der Waals surface area (Å²) in [5, 5.41) is 0.403. The molecule has 0 amide bonds. The average Bonchev–Trinajstić information content (AvgIpc) is 3.29. The molecule has 0 radical (unpaired) electrons. The Labute approximate surface area is 246 Å². The van der Waals surface area contributed by atoms with Crippen molar-refractivity contribution < 1.29 is 22.7 Å². The van der Waals surface area contributed by atoms with Crippen molar-refractivity contribution in [1.82, 2.24) is 4.90 Å². The number of esters is 1. The number of hydrogen-bond acceptors (Lipinski definition) is 7. The van der Waals surface area contributed by atoms with Gasteiger partial charge >= 0.3 is 5.97 Å². The summed E-state index contributed by atoms with van der Waals surface area (Å²) < 4.78 is 41.7. The molecule has 10 heteroatoms. The lowest BCUT2D eigenvalue weighted by Crippen LogP contribution is -2.35. The van der Waals surface area contributed by atoms with E-state index in [9.17, 15) is 13.2 Å². The zero-order chi connectivity index (χ0) is 29.3. The van der Waals surface area contributed by atoms with Crippen LogP contribution in [0.1, 0.15) is 60.0 Å². The van der Waals surface area contributed by atoms with Crippen LogP contribution in [0.5, 0.6) is 0 Å². The van der Waals surface area contributed by atoms with Crippen molar-refractivity contribution in [1.29, 1.82) is 0 Å². The minimum Gasteiger partial charge on any atom is -0.462 e. The lowest BCUT2D eigenvalue weighted by molar-refractivity contribution is 0.0526. The van der Waals surface area contributed by atoms with Crippen molar-refractivity contribution in [2.24, 2.45) is 0 Å². The number of nitrogens with zero attached hydrogens (tertiary/aromatic N) is 2. The Morgan fingerprint density at radius 2 is 1.77 bits per heavy atom. The highest BCUT2D eigenvalue weighted by atomic mass is 32.2. The lowest BCUT2D eigenvalue weighted by Gasteiger charge is -2.26. The van der Waals surface area contributed by atoms with Crippen LogP contribution in [-0.2, 0) is 32.3 Å². The van der Waals surface area contributed by atoms with E-state index < -0.39 is 24.1 Å². The summed E-state index contributed by atoms with van der Waals surface area (Å²) in [7, 11) is -5.46. The lowest BCUT2D eigenvalue weighted by atomic mass is 9.95. The normalized spacial score (nSPS) is 14.1. The van der Waals surface area contributed by atoms with Gasteiger partial charge in [0.1, 0.15) is 11.7 Å². The first-order chi connectivity index (χ1) is 19.0. The number of fused-ring (bicyclic) bond motifs is 1. The second kappa shape index (κ2) is 14.8. The monoisotopic (exact) mass is 606 g/mol. The molecular formula is C30H46N2O5S2Si. The molecule has 0 spiro atoms. The van der Waals surface area contributed by atoms with Gasteiger partial charge in [-0.2, -0.15) is 0 Å². The molecule has 0 fully saturated rings. The summed E-state index contributed by atoms with van der Waals surface area (Å²) in [6.07, 6.45) is 7.45. The zero-order valence-electron chi connectivity index (χ0n) is 25.0. The van der Waals surface area contributed by atoms with Crippen LogP contribution in [-0.4, -0.2) is 66.9 Å². The number of carbonyl (C=O) groups is 1. The Bertz CT molecular complexity index is 1260. The smallest absolute Gasteiger partial charge is 0.341 e. The van der Waals surface area contributed by atoms with E-state index in [2.05, 4.69) is 38.4 Å². The number of likely N-dealkylation sites (N-methyl/N-ethyl adjacent to an activating group) is 1. The molecule has 0 unspecified atom stereocenters. The van der Waals surface area contributed by atoms with Crippen molar-refractivity contribution in [3.8, 4) is 0 Å². The molecule has 40 heavy (non-hydrogen) atoms. The predicted molar refractivity (Wildman–Crippen MR) is 169 cm³/mol. The molecule has 1 aliphatic carbocycles. The number of carbonyl (C=O) groups excluding carboxylic acids is 1. The molecule has 3 rings (SSSR count). The highest BCUT2D eigenvalue weighted by Gasteiger charge is 2.35. The number of aryl methyl sites for hydroxylation is 1. The van der Waals surface area contributed by atoms with Crippen molar-refractivity contribution in [3.63, 3.8) is 0 Å². The Balaban J connectivity index is 2.09. The van der Waals surface area contributed by atoms with Gasteiger partial charge in [-0.25, -0.2) is 17.5 Å². The number of ether oxygens (including phenoxy) is 2. The van der Waals surface area contributed by atoms with Crippen LogP contribution in [0.15, 0.2) is 35.2 Å². The number of sulfonamides is 1. The van der Waals surface area contributed by atoms with Gasteiger partial charge in [-0.1, -0.05) is 63.8 Å². The average molecular weight is 607 g/mol. The Morgan fingerprint density at radius 1 is 1.07 bits per heavy atom. The van der Waals surface area contributed by atoms with Crippen LogP contribution in [0.4, 0.5) is 5.00 Å². The summed E-state index contributed by atoms with van der Waals surface area (Å²) in [5.41, 5.74) is 1.92. The predicted octanol–water partition coefficient (Wildman–Crippen LogP) is 6.67. The Kier molecular flexibility index (Phi) is 12.0. The first kappa shape index (κ1) is 32.5. The second-order valence-electron chi connectivity index (χ2n) is 11.2. The van der Waals surface area contributed by atoms with Crippen molar-refractivity contribution >= 4 is 46.5 Å². The molecule has 2 aromatic rings. The van der Waals surface area contributed by atoms with Crippen molar-refractivity contribution in [3.05, 3.63) is 51.9 Å². The van der Waals surface area contributed by atoms with E-state index in [-0.39, 0.29) is 18.2 Å². The maximum absolute atomic E-state index is 14.5. The van der Waals surface area contributed by atoms with Gasteiger partial charge in [0, 0.05) is 26.1 Å². The van der Waals surface area contributed by atoms with Gasteiger partial charge in [0.2, 0.25) is 0 Å². The van der Waals surface area contributed by atoms with E-state index in [0.717, 1.165) is 61.8 Å². The highest BCUT2D eigenvalue weighted by Crippen LogP contribution is 2.43. The van der Waals surface area contributed by atoms with E-state index in [0.29, 0.717) is 22.7 Å². The number of hydrogen-bond donors (Lipinski definition) is 0. The van der Waals surface area contributed by atoms with Gasteiger partial charge in [0.05, 0.1) is 17.1 Å². The molecular weight excluding hydrogens is 561 g/mol. The quantitative estimate of drug-likeness (QED) is 0.0976. The SMILES string of the molecule is CCOC(=O)c1c(N(COCC[Si](C)(C)C)S(=O)(=O)c2ccccc2C=CCN(CC)CC)sc2c1CCCC2. The minimum absolute atomic E-state index is 0.157. The first-order valence-electron chi connectivity index (χ1n) is 14.4. The number of thiophene rings is 1. The summed E-state index contributed by atoms with van der Waals surface area (Å²) in [5.74, 6) is -0.466.